The van der Waals surface area contributed by atoms with Gasteiger partial charge in [-0.15, -0.1) is 0 Å². The number of nitrogens with two attached hydrogens (primary N) is 1. The molecule has 106 valence electrons. The molecule has 0 spiro atoms. The van der Waals surface area contributed by atoms with Gasteiger partial charge in [-0.2, -0.15) is 0 Å². The zero-order valence-electron chi connectivity index (χ0n) is 10.6. The molecule has 7 heteroatoms. The summed E-state index contributed by atoms with van der Waals surface area (Å²) in [6.45, 7) is 2.53. The van der Waals surface area contributed by atoms with Crippen molar-refractivity contribution in [2.75, 3.05) is 22.8 Å². The Labute approximate surface area is 121 Å². The molecule has 0 aromatic heterocycles. The van der Waals surface area contributed by atoms with Crippen LogP contribution in [0.2, 0.25) is 0 Å². The SMILES string of the molecule is Cc1cc(N)c(NS(=O)(=O)CC2CCCO2)c(Br)c1. The second-order valence-corrected chi connectivity index (χ2v) is 7.35. The summed E-state index contributed by atoms with van der Waals surface area (Å²) in [4.78, 5) is 0. The minimum Gasteiger partial charge on any atom is -0.397 e. The van der Waals surface area contributed by atoms with Crippen molar-refractivity contribution in [2.45, 2.75) is 25.9 Å². The van der Waals surface area contributed by atoms with E-state index < -0.39 is 10.0 Å². The Hall–Kier alpha value is -0.790. The van der Waals surface area contributed by atoms with Gasteiger partial charge in [0.15, 0.2) is 0 Å². The van der Waals surface area contributed by atoms with E-state index in [4.69, 9.17) is 10.5 Å². The first-order valence-corrected chi connectivity index (χ1v) is 8.49. The Morgan fingerprint density at radius 3 is 2.84 bits per heavy atom. The molecule has 1 heterocycles. The summed E-state index contributed by atoms with van der Waals surface area (Å²) < 4.78 is 32.7. The maximum atomic E-state index is 12.1. The molecule has 2 rings (SSSR count). The molecule has 1 unspecified atom stereocenters. The minimum absolute atomic E-state index is 0.0350. The topological polar surface area (TPSA) is 81.4 Å². The first-order chi connectivity index (χ1) is 8.87. The second kappa shape index (κ2) is 5.68. The van der Waals surface area contributed by atoms with Crippen LogP contribution in [0.25, 0.3) is 0 Å². The van der Waals surface area contributed by atoms with Gasteiger partial charge in [0.05, 0.1) is 23.2 Å². The van der Waals surface area contributed by atoms with E-state index >= 15 is 0 Å². The molecule has 1 fully saturated rings. The van der Waals surface area contributed by atoms with Crippen LogP contribution in [0.3, 0.4) is 0 Å². The van der Waals surface area contributed by atoms with Crippen LogP contribution < -0.4 is 10.5 Å². The molecule has 0 amide bonds. The van der Waals surface area contributed by atoms with Crippen LogP contribution in [0.1, 0.15) is 18.4 Å². The highest BCUT2D eigenvalue weighted by molar-refractivity contribution is 9.10. The lowest BCUT2D eigenvalue weighted by atomic mass is 10.2. The second-order valence-electron chi connectivity index (χ2n) is 4.73. The number of hydrogen-bond donors (Lipinski definition) is 2. The third kappa shape index (κ3) is 3.84. The zero-order valence-corrected chi connectivity index (χ0v) is 13.1. The molecule has 0 bridgehead atoms. The first kappa shape index (κ1) is 14.6. The largest absolute Gasteiger partial charge is 0.397 e. The van der Waals surface area contributed by atoms with Crippen LogP contribution in [-0.4, -0.2) is 26.9 Å². The van der Waals surface area contributed by atoms with E-state index in [2.05, 4.69) is 20.7 Å². The highest BCUT2D eigenvalue weighted by Gasteiger charge is 2.24. The van der Waals surface area contributed by atoms with Gasteiger partial charge in [-0.05, 0) is 53.4 Å². The van der Waals surface area contributed by atoms with E-state index in [9.17, 15) is 8.42 Å². The highest BCUT2D eigenvalue weighted by Crippen LogP contribution is 2.31. The molecule has 3 N–H and O–H groups in total. The quantitative estimate of drug-likeness (QED) is 0.817. The molecule has 1 aliphatic rings. The molecule has 1 aromatic rings. The number of aryl methyl sites for hydroxylation is 1. The molecule has 0 radical (unpaired) electrons. The van der Waals surface area contributed by atoms with E-state index in [0.717, 1.165) is 18.4 Å². The average Bonchev–Trinajstić information content (AvgIpc) is 2.75. The van der Waals surface area contributed by atoms with Crippen LogP contribution in [0, 0.1) is 6.92 Å². The summed E-state index contributed by atoms with van der Waals surface area (Å²) in [5.74, 6) is -0.0350. The van der Waals surface area contributed by atoms with Crippen molar-refractivity contribution in [3.05, 3.63) is 22.2 Å². The molecule has 0 saturated carbocycles. The molecule has 1 aromatic carbocycles. The number of anilines is 2. The number of rotatable bonds is 4. The molecule has 1 saturated heterocycles. The zero-order chi connectivity index (χ0) is 14.0. The number of nitrogens with one attached hydrogen (secondary N) is 1. The maximum Gasteiger partial charge on any atom is 0.235 e. The Morgan fingerprint density at radius 2 is 2.26 bits per heavy atom. The molecule has 5 nitrogen and oxygen atoms in total. The lowest BCUT2D eigenvalue weighted by Crippen LogP contribution is -2.26. The van der Waals surface area contributed by atoms with E-state index in [1.165, 1.54) is 0 Å². The summed E-state index contributed by atoms with van der Waals surface area (Å²) in [6.07, 6.45) is 1.48. The molecular formula is C12H17BrN2O3S. The van der Waals surface area contributed by atoms with Gasteiger partial charge in [0.2, 0.25) is 10.0 Å². The third-order valence-corrected chi connectivity index (χ3v) is 4.90. The number of ether oxygens (including phenoxy) is 1. The number of nitrogen functional groups attached to an aromatic ring is 1. The van der Waals surface area contributed by atoms with Crippen molar-refractivity contribution < 1.29 is 13.2 Å². The molecular weight excluding hydrogens is 332 g/mol. The number of halogens is 1. The van der Waals surface area contributed by atoms with Gasteiger partial charge in [-0.1, -0.05) is 0 Å². The Bertz CT molecular complexity index is 545. The summed E-state index contributed by atoms with van der Waals surface area (Å²) in [5.41, 5.74) is 7.61. The first-order valence-electron chi connectivity index (χ1n) is 6.05. The Morgan fingerprint density at radius 1 is 1.53 bits per heavy atom. The average molecular weight is 349 g/mol. The van der Waals surface area contributed by atoms with Crippen molar-refractivity contribution in [1.29, 1.82) is 0 Å². The van der Waals surface area contributed by atoms with E-state index in [1.54, 1.807) is 6.07 Å². The summed E-state index contributed by atoms with van der Waals surface area (Å²) in [5, 5.41) is 0. The van der Waals surface area contributed by atoms with Crippen molar-refractivity contribution in [3.8, 4) is 0 Å². The van der Waals surface area contributed by atoms with Gasteiger partial charge in [0, 0.05) is 11.1 Å². The fourth-order valence-corrected chi connectivity index (χ4v) is 4.29. The monoisotopic (exact) mass is 348 g/mol. The molecule has 1 aliphatic heterocycles. The van der Waals surface area contributed by atoms with Gasteiger partial charge in [0.25, 0.3) is 0 Å². The third-order valence-electron chi connectivity index (χ3n) is 2.95. The number of hydrogen-bond acceptors (Lipinski definition) is 4. The molecule has 19 heavy (non-hydrogen) atoms. The highest BCUT2D eigenvalue weighted by atomic mass is 79.9. The maximum absolute atomic E-state index is 12.1. The van der Waals surface area contributed by atoms with Crippen LogP contribution >= 0.6 is 15.9 Å². The lowest BCUT2D eigenvalue weighted by Gasteiger charge is -2.15. The smallest absolute Gasteiger partial charge is 0.235 e. The Kier molecular flexibility index (Phi) is 4.37. The predicted molar refractivity (Wildman–Crippen MR) is 79.7 cm³/mol. The fourth-order valence-electron chi connectivity index (χ4n) is 2.09. The Balaban J connectivity index is 2.15. The van der Waals surface area contributed by atoms with Gasteiger partial charge in [-0.3, -0.25) is 4.72 Å². The van der Waals surface area contributed by atoms with Gasteiger partial charge in [-0.25, -0.2) is 8.42 Å². The van der Waals surface area contributed by atoms with Crippen LogP contribution in [0.4, 0.5) is 11.4 Å². The predicted octanol–water partition coefficient (Wildman–Crippen LogP) is 2.26. The number of sulfonamides is 1. The van der Waals surface area contributed by atoms with Crippen LogP contribution in [0.5, 0.6) is 0 Å². The fraction of sp³-hybridized carbons (Fsp3) is 0.500. The minimum atomic E-state index is -3.46. The van der Waals surface area contributed by atoms with Gasteiger partial charge < -0.3 is 10.5 Å². The number of benzene rings is 1. The standard InChI is InChI=1S/C12H17BrN2O3S/c1-8-5-10(13)12(11(14)6-8)15-19(16,17)7-9-3-2-4-18-9/h5-6,9,15H,2-4,7,14H2,1H3. The van der Waals surface area contributed by atoms with Crippen molar-refractivity contribution >= 4 is 37.3 Å². The van der Waals surface area contributed by atoms with E-state index in [1.807, 2.05) is 13.0 Å². The van der Waals surface area contributed by atoms with Crippen LogP contribution in [-0.2, 0) is 14.8 Å². The van der Waals surface area contributed by atoms with Crippen molar-refractivity contribution in [1.82, 2.24) is 0 Å². The summed E-state index contributed by atoms with van der Waals surface area (Å²) in [7, 11) is -3.46. The normalized spacial score (nSPS) is 19.6. The van der Waals surface area contributed by atoms with Gasteiger partial charge >= 0.3 is 0 Å². The molecule has 1 atom stereocenters. The van der Waals surface area contributed by atoms with E-state index in [-0.39, 0.29) is 11.9 Å². The van der Waals surface area contributed by atoms with Crippen LogP contribution in [0.15, 0.2) is 16.6 Å². The van der Waals surface area contributed by atoms with Gasteiger partial charge in [0.1, 0.15) is 0 Å². The van der Waals surface area contributed by atoms with E-state index in [0.29, 0.717) is 22.5 Å². The summed E-state index contributed by atoms with van der Waals surface area (Å²) >= 11 is 3.33. The van der Waals surface area contributed by atoms with Crippen molar-refractivity contribution in [2.24, 2.45) is 0 Å². The lowest BCUT2D eigenvalue weighted by molar-refractivity contribution is 0.127. The van der Waals surface area contributed by atoms with Crippen molar-refractivity contribution in [3.63, 3.8) is 0 Å². The molecule has 0 aliphatic carbocycles. The summed E-state index contributed by atoms with van der Waals surface area (Å²) in [6, 6.07) is 3.55.